The van der Waals surface area contributed by atoms with Gasteiger partial charge in [0.05, 0.1) is 7.11 Å². The van der Waals surface area contributed by atoms with E-state index in [1.54, 1.807) is 13.2 Å². The highest BCUT2D eigenvalue weighted by Crippen LogP contribution is 2.24. The molecule has 5 heteroatoms. The lowest BCUT2D eigenvalue weighted by Gasteiger charge is -2.14. The van der Waals surface area contributed by atoms with E-state index in [4.69, 9.17) is 9.15 Å². The molecule has 0 bridgehead atoms. The molecule has 0 radical (unpaired) electrons. The number of methoxy groups -OCH3 is 1. The number of fused-ring (bicyclic) bond motifs is 1. The fraction of sp³-hybridized carbons (Fsp3) is 0.333. The minimum absolute atomic E-state index is 0.0563. The summed E-state index contributed by atoms with van der Waals surface area (Å²) in [6, 6.07) is 15.7. The van der Waals surface area contributed by atoms with Crippen molar-refractivity contribution in [3.8, 4) is 5.75 Å². The zero-order valence-corrected chi connectivity index (χ0v) is 17.2. The maximum atomic E-state index is 12.4. The van der Waals surface area contributed by atoms with Crippen molar-refractivity contribution in [3.05, 3.63) is 75.6 Å². The van der Waals surface area contributed by atoms with Gasteiger partial charge in [0, 0.05) is 29.5 Å². The van der Waals surface area contributed by atoms with E-state index in [0.29, 0.717) is 23.3 Å². The largest absolute Gasteiger partial charge is 0.497 e. The molecule has 0 saturated heterocycles. The Hall–Kier alpha value is -3.08. The third kappa shape index (κ3) is 5.25. The fourth-order valence-corrected chi connectivity index (χ4v) is 3.48. The number of carbonyl (C=O) groups is 1. The smallest absolute Gasteiger partial charge is 0.339 e. The average molecular weight is 393 g/mol. The minimum atomic E-state index is -0.395. The Morgan fingerprint density at radius 3 is 2.62 bits per heavy atom. The Bertz CT molecular complexity index is 1040. The molecular formula is C24H27NO4. The van der Waals surface area contributed by atoms with Gasteiger partial charge in [0.2, 0.25) is 5.91 Å². The predicted octanol–water partition coefficient (Wildman–Crippen LogP) is 4.18. The second-order valence-corrected chi connectivity index (χ2v) is 7.35. The molecule has 1 heterocycles. The Morgan fingerprint density at radius 2 is 1.90 bits per heavy atom. The predicted molar refractivity (Wildman–Crippen MR) is 114 cm³/mol. The molecular weight excluding hydrogens is 366 g/mol. The van der Waals surface area contributed by atoms with E-state index in [0.717, 1.165) is 23.8 Å². The summed E-state index contributed by atoms with van der Waals surface area (Å²) in [7, 11) is 1.57. The minimum Gasteiger partial charge on any atom is -0.497 e. The molecule has 1 N–H and O–H groups in total. The van der Waals surface area contributed by atoms with Crippen molar-refractivity contribution < 1.29 is 13.9 Å². The SMILES string of the molecule is COc1ccc2c(C)c(CCC(=O)NC(C)CCc3ccccc3)c(=O)oc2c1. The van der Waals surface area contributed by atoms with Crippen LogP contribution in [0, 0.1) is 6.92 Å². The van der Waals surface area contributed by atoms with E-state index in [9.17, 15) is 9.59 Å². The van der Waals surface area contributed by atoms with Gasteiger partial charge in [0.1, 0.15) is 11.3 Å². The quantitative estimate of drug-likeness (QED) is 0.583. The second kappa shape index (κ2) is 9.41. The number of amides is 1. The highest BCUT2D eigenvalue weighted by Gasteiger charge is 2.14. The van der Waals surface area contributed by atoms with Crippen LogP contribution in [0.15, 0.2) is 57.7 Å². The first-order chi connectivity index (χ1) is 14.0. The molecule has 0 aliphatic heterocycles. The monoisotopic (exact) mass is 393 g/mol. The van der Waals surface area contributed by atoms with Gasteiger partial charge in [-0.2, -0.15) is 0 Å². The first-order valence-corrected chi connectivity index (χ1v) is 9.91. The summed E-state index contributed by atoms with van der Waals surface area (Å²) in [6.07, 6.45) is 2.39. The van der Waals surface area contributed by atoms with E-state index < -0.39 is 5.63 Å². The molecule has 29 heavy (non-hydrogen) atoms. The molecule has 1 atom stereocenters. The van der Waals surface area contributed by atoms with E-state index in [1.165, 1.54) is 5.56 Å². The number of ether oxygens (including phenoxy) is 1. The van der Waals surface area contributed by atoms with E-state index in [-0.39, 0.29) is 18.4 Å². The Kier molecular flexibility index (Phi) is 6.70. The van der Waals surface area contributed by atoms with Gasteiger partial charge in [0.15, 0.2) is 0 Å². The van der Waals surface area contributed by atoms with Crippen LogP contribution in [0.5, 0.6) is 5.75 Å². The van der Waals surface area contributed by atoms with Gasteiger partial charge in [-0.3, -0.25) is 4.79 Å². The van der Waals surface area contributed by atoms with Crippen molar-refractivity contribution in [2.24, 2.45) is 0 Å². The second-order valence-electron chi connectivity index (χ2n) is 7.35. The van der Waals surface area contributed by atoms with E-state index in [1.807, 2.05) is 44.2 Å². The molecule has 1 aromatic heterocycles. The van der Waals surface area contributed by atoms with Gasteiger partial charge >= 0.3 is 5.63 Å². The van der Waals surface area contributed by atoms with Crippen molar-refractivity contribution >= 4 is 16.9 Å². The number of hydrogen-bond acceptors (Lipinski definition) is 4. The van der Waals surface area contributed by atoms with Crippen LogP contribution in [0.25, 0.3) is 11.0 Å². The molecule has 0 aliphatic rings. The third-order valence-electron chi connectivity index (χ3n) is 5.21. The van der Waals surface area contributed by atoms with Crippen molar-refractivity contribution in [2.45, 2.75) is 45.6 Å². The average Bonchev–Trinajstić information content (AvgIpc) is 2.72. The van der Waals surface area contributed by atoms with Crippen LogP contribution >= 0.6 is 0 Å². The van der Waals surface area contributed by atoms with Crippen LogP contribution in [0.4, 0.5) is 0 Å². The highest BCUT2D eigenvalue weighted by molar-refractivity contribution is 5.82. The number of rotatable bonds is 8. The van der Waals surface area contributed by atoms with Crippen LogP contribution in [-0.2, 0) is 17.6 Å². The topological polar surface area (TPSA) is 68.5 Å². The van der Waals surface area contributed by atoms with Gasteiger partial charge in [-0.25, -0.2) is 4.79 Å². The van der Waals surface area contributed by atoms with Crippen LogP contribution in [0.1, 0.15) is 36.5 Å². The Labute approximate surface area is 170 Å². The third-order valence-corrected chi connectivity index (χ3v) is 5.21. The highest BCUT2D eigenvalue weighted by atomic mass is 16.5. The van der Waals surface area contributed by atoms with E-state index in [2.05, 4.69) is 17.4 Å². The lowest BCUT2D eigenvalue weighted by Crippen LogP contribution is -2.33. The fourth-order valence-electron chi connectivity index (χ4n) is 3.48. The lowest BCUT2D eigenvalue weighted by molar-refractivity contribution is -0.121. The summed E-state index contributed by atoms with van der Waals surface area (Å²) in [5.74, 6) is 0.579. The van der Waals surface area contributed by atoms with Gasteiger partial charge in [-0.05, 0) is 56.4 Å². The normalized spacial score (nSPS) is 12.0. The Morgan fingerprint density at radius 1 is 1.14 bits per heavy atom. The molecule has 0 fully saturated rings. The maximum absolute atomic E-state index is 12.4. The summed E-state index contributed by atoms with van der Waals surface area (Å²) >= 11 is 0. The first-order valence-electron chi connectivity index (χ1n) is 9.91. The van der Waals surface area contributed by atoms with Crippen molar-refractivity contribution in [1.82, 2.24) is 5.32 Å². The zero-order valence-electron chi connectivity index (χ0n) is 17.2. The molecule has 0 aliphatic carbocycles. The molecule has 3 rings (SSSR count). The summed E-state index contributed by atoms with van der Waals surface area (Å²) < 4.78 is 10.6. The molecule has 3 aromatic rings. The van der Waals surface area contributed by atoms with Gasteiger partial charge in [-0.15, -0.1) is 0 Å². The van der Waals surface area contributed by atoms with Crippen molar-refractivity contribution in [1.29, 1.82) is 0 Å². The van der Waals surface area contributed by atoms with Gasteiger partial charge in [-0.1, -0.05) is 30.3 Å². The van der Waals surface area contributed by atoms with Gasteiger partial charge in [0.25, 0.3) is 0 Å². The van der Waals surface area contributed by atoms with Crippen LogP contribution < -0.4 is 15.7 Å². The molecule has 1 unspecified atom stereocenters. The first kappa shape index (κ1) is 20.6. The summed E-state index contributed by atoms with van der Waals surface area (Å²) in [4.78, 5) is 24.8. The number of aryl methyl sites for hydroxylation is 2. The number of carbonyl (C=O) groups excluding carboxylic acids is 1. The van der Waals surface area contributed by atoms with Gasteiger partial charge < -0.3 is 14.5 Å². The number of benzene rings is 2. The molecule has 0 spiro atoms. The van der Waals surface area contributed by atoms with Crippen molar-refractivity contribution in [2.75, 3.05) is 7.11 Å². The van der Waals surface area contributed by atoms with Crippen molar-refractivity contribution in [3.63, 3.8) is 0 Å². The lowest BCUT2D eigenvalue weighted by atomic mass is 10.0. The van der Waals surface area contributed by atoms with Crippen LogP contribution in [0.2, 0.25) is 0 Å². The van der Waals surface area contributed by atoms with E-state index >= 15 is 0 Å². The van der Waals surface area contributed by atoms with Crippen LogP contribution in [-0.4, -0.2) is 19.1 Å². The summed E-state index contributed by atoms with van der Waals surface area (Å²) in [6.45, 7) is 3.89. The zero-order chi connectivity index (χ0) is 20.8. The summed E-state index contributed by atoms with van der Waals surface area (Å²) in [5.41, 5.74) is 2.76. The Balaban J connectivity index is 1.59. The molecule has 1 amide bonds. The molecule has 0 saturated carbocycles. The van der Waals surface area contributed by atoms with Crippen LogP contribution in [0.3, 0.4) is 0 Å². The number of nitrogens with one attached hydrogen (secondary N) is 1. The number of hydrogen-bond donors (Lipinski definition) is 1. The summed E-state index contributed by atoms with van der Waals surface area (Å²) in [5, 5.41) is 3.88. The molecule has 152 valence electrons. The molecule has 5 nitrogen and oxygen atoms in total. The standard InChI is InChI=1S/C24H27NO4/c1-16(9-10-18-7-5-4-6-8-18)25-23(26)14-13-21-17(2)20-12-11-19(28-3)15-22(20)29-24(21)27/h4-8,11-12,15-16H,9-10,13-14H2,1-3H3,(H,25,26). The maximum Gasteiger partial charge on any atom is 0.339 e. The molecule has 2 aromatic carbocycles.